The summed E-state index contributed by atoms with van der Waals surface area (Å²) in [7, 11) is 0. The Morgan fingerprint density at radius 1 is 1.15 bits per heavy atom. The summed E-state index contributed by atoms with van der Waals surface area (Å²) in [4.78, 5) is 0. The van der Waals surface area contributed by atoms with Gasteiger partial charge in [0.15, 0.2) is 0 Å². The SMILES string of the molecule is NNC(CC1CCCCO1)c1cccc2ccccc12. The summed E-state index contributed by atoms with van der Waals surface area (Å²) in [6.07, 6.45) is 4.85. The van der Waals surface area contributed by atoms with Crippen LogP contribution in [0.4, 0.5) is 0 Å². The molecule has 20 heavy (non-hydrogen) atoms. The zero-order valence-corrected chi connectivity index (χ0v) is 11.7. The maximum Gasteiger partial charge on any atom is 0.0593 e. The van der Waals surface area contributed by atoms with E-state index in [4.69, 9.17) is 10.6 Å². The van der Waals surface area contributed by atoms with Gasteiger partial charge in [-0.05, 0) is 42.0 Å². The van der Waals surface area contributed by atoms with Crippen molar-refractivity contribution in [1.29, 1.82) is 0 Å². The second kappa shape index (κ2) is 6.35. The lowest BCUT2D eigenvalue weighted by atomic mass is 9.93. The fourth-order valence-corrected chi connectivity index (χ4v) is 3.10. The predicted octanol–water partition coefficient (Wildman–Crippen LogP) is 3.30. The van der Waals surface area contributed by atoms with Gasteiger partial charge in [-0.15, -0.1) is 0 Å². The lowest BCUT2D eigenvalue weighted by Crippen LogP contribution is -2.33. The van der Waals surface area contributed by atoms with E-state index < -0.39 is 0 Å². The fourth-order valence-electron chi connectivity index (χ4n) is 3.10. The van der Waals surface area contributed by atoms with E-state index in [2.05, 4.69) is 47.9 Å². The predicted molar refractivity (Wildman–Crippen MR) is 82.2 cm³/mol. The molecule has 0 spiro atoms. The fraction of sp³-hybridized carbons (Fsp3) is 0.412. The Labute approximate surface area is 120 Å². The van der Waals surface area contributed by atoms with E-state index in [1.54, 1.807) is 0 Å². The van der Waals surface area contributed by atoms with Crippen molar-refractivity contribution in [2.75, 3.05) is 6.61 Å². The summed E-state index contributed by atoms with van der Waals surface area (Å²) in [5.41, 5.74) is 4.24. The van der Waals surface area contributed by atoms with Crippen LogP contribution >= 0.6 is 0 Å². The Balaban J connectivity index is 1.86. The topological polar surface area (TPSA) is 47.3 Å². The third kappa shape index (κ3) is 2.85. The van der Waals surface area contributed by atoms with Gasteiger partial charge in [-0.1, -0.05) is 42.5 Å². The van der Waals surface area contributed by atoms with Crippen molar-refractivity contribution in [1.82, 2.24) is 5.43 Å². The first-order valence-corrected chi connectivity index (χ1v) is 7.44. The molecule has 2 aromatic carbocycles. The first kappa shape index (κ1) is 13.6. The number of fused-ring (bicyclic) bond motifs is 1. The van der Waals surface area contributed by atoms with Gasteiger partial charge >= 0.3 is 0 Å². The van der Waals surface area contributed by atoms with Gasteiger partial charge < -0.3 is 4.74 Å². The number of hydrogen-bond acceptors (Lipinski definition) is 3. The van der Waals surface area contributed by atoms with Gasteiger partial charge in [-0.3, -0.25) is 11.3 Å². The molecule has 3 N–H and O–H groups in total. The molecular weight excluding hydrogens is 248 g/mol. The lowest BCUT2D eigenvalue weighted by molar-refractivity contribution is 0.00511. The molecule has 1 saturated heterocycles. The molecule has 2 aromatic rings. The van der Waals surface area contributed by atoms with E-state index in [-0.39, 0.29) is 6.04 Å². The van der Waals surface area contributed by atoms with E-state index in [0.717, 1.165) is 19.4 Å². The van der Waals surface area contributed by atoms with Crippen molar-refractivity contribution in [2.45, 2.75) is 37.8 Å². The van der Waals surface area contributed by atoms with Crippen molar-refractivity contribution < 1.29 is 4.74 Å². The zero-order valence-electron chi connectivity index (χ0n) is 11.7. The second-order valence-electron chi connectivity index (χ2n) is 5.51. The van der Waals surface area contributed by atoms with Crippen LogP contribution in [0.15, 0.2) is 42.5 Å². The summed E-state index contributed by atoms with van der Waals surface area (Å²) in [6.45, 7) is 0.886. The second-order valence-corrected chi connectivity index (χ2v) is 5.51. The highest BCUT2D eigenvalue weighted by molar-refractivity contribution is 5.86. The highest BCUT2D eigenvalue weighted by Gasteiger charge is 2.21. The number of nitrogens with one attached hydrogen (secondary N) is 1. The summed E-state index contributed by atoms with van der Waals surface area (Å²) < 4.78 is 5.85. The van der Waals surface area contributed by atoms with Crippen molar-refractivity contribution >= 4 is 10.8 Å². The van der Waals surface area contributed by atoms with E-state index in [1.165, 1.54) is 29.2 Å². The third-order valence-corrected chi connectivity index (χ3v) is 4.17. The van der Waals surface area contributed by atoms with Gasteiger partial charge in [-0.2, -0.15) is 0 Å². The third-order valence-electron chi connectivity index (χ3n) is 4.17. The van der Waals surface area contributed by atoms with Crippen LogP contribution in [0.3, 0.4) is 0 Å². The Kier molecular flexibility index (Phi) is 4.31. The van der Waals surface area contributed by atoms with Crippen LogP contribution in [0.2, 0.25) is 0 Å². The Morgan fingerprint density at radius 2 is 2.00 bits per heavy atom. The average molecular weight is 270 g/mol. The lowest BCUT2D eigenvalue weighted by Gasteiger charge is -2.27. The van der Waals surface area contributed by atoms with E-state index in [1.807, 2.05) is 0 Å². The van der Waals surface area contributed by atoms with Crippen LogP contribution in [-0.2, 0) is 4.74 Å². The molecule has 3 nitrogen and oxygen atoms in total. The van der Waals surface area contributed by atoms with Crippen LogP contribution in [-0.4, -0.2) is 12.7 Å². The summed E-state index contributed by atoms with van der Waals surface area (Å²) in [5.74, 6) is 5.81. The first-order chi connectivity index (χ1) is 9.88. The van der Waals surface area contributed by atoms with Gasteiger partial charge in [0.25, 0.3) is 0 Å². The molecule has 0 aliphatic carbocycles. The largest absolute Gasteiger partial charge is 0.378 e. The van der Waals surface area contributed by atoms with Gasteiger partial charge in [0, 0.05) is 12.6 Å². The molecule has 0 amide bonds. The highest BCUT2D eigenvalue weighted by Crippen LogP contribution is 2.29. The number of benzene rings is 2. The Hall–Kier alpha value is -1.42. The monoisotopic (exact) mass is 270 g/mol. The van der Waals surface area contributed by atoms with Crippen molar-refractivity contribution in [2.24, 2.45) is 5.84 Å². The molecule has 1 aliphatic heterocycles. The van der Waals surface area contributed by atoms with Crippen molar-refractivity contribution in [3.63, 3.8) is 0 Å². The molecule has 3 heteroatoms. The minimum Gasteiger partial charge on any atom is -0.378 e. The molecule has 0 bridgehead atoms. The standard InChI is InChI=1S/C17H22N2O/c18-19-17(12-14-8-3-4-11-20-14)16-10-5-7-13-6-1-2-9-15(13)16/h1-2,5-7,9-10,14,17,19H,3-4,8,11-12,18H2. The molecule has 1 aliphatic rings. The number of hydrazine groups is 1. The number of hydrogen-bond donors (Lipinski definition) is 2. The maximum atomic E-state index is 5.85. The van der Waals surface area contributed by atoms with Gasteiger partial charge in [0.2, 0.25) is 0 Å². The van der Waals surface area contributed by atoms with Crippen LogP contribution in [0.5, 0.6) is 0 Å². The number of nitrogens with two attached hydrogens (primary N) is 1. The minimum atomic E-state index is 0.143. The van der Waals surface area contributed by atoms with E-state index >= 15 is 0 Å². The Morgan fingerprint density at radius 3 is 2.80 bits per heavy atom. The molecule has 2 unspecified atom stereocenters. The Bertz CT molecular complexity index is 558. The highest BCUT2D eigenvalue weighted by atomic mass is 16.5. The number of ether oxygens (including phenoxy) is 1. The normalized spacial score (nSPS) is 20.9. The molecule has 0 radical (unpaired) electrons. The molecule has 2 atom stereocenters. The molecule has 1 fully saturated rings. The molecule has 3 rings (SSSR count). The zero-order chi connectivity index (χ0) is 13.8. The first-order valence-electron chi connectivity index (χ1n) is 7.44. The van der Waals surface area contributed by atoms with Gasteiger partial charge in [0.1, 0.15) is 0 Å². The minimum absolute atomic E-state index is 0.143. The van der Waals surface area contributed by atoms with E-state index in [0.29, 0.717) is 6.10 Å². The smallest absolute Gasteiger partial charge is 0.0593 e. The maximum absolute atomic E-state index is 5.85. The van der Waals surface area contributed by atoms with E-state index in [9.17, 15) is 0 Å². The van der Waals surface area contributed by atoms with Crippen LogP contribution in [0, 0.1) is 0 Å². The number of rotatable bonds is 4. The molecular formula is C17H22N2O. The molecule has 1 heterocycles. The van der Waals surface area contributed by atoms with Crippen LogP contribution in [0.25, 0.3) is 10.8 Å². The molecule has 0 aromatic heterocycles. The van der Waals surface area contributed by atoms with Crippen LogP contribution < -0.4 is 11.3 Å². The summed E-state index contributed by atoms with van der Waals surface area (Å²) in [6, 6.07) is 15.0. The summed E-state index contributed by atoms with van der Waals surface area (Å²) in [5, 5.41) is 2.53. The quantitative estimate of drug-likeness (QED) is 0.662. The van der Waals surface area contributed by atoms with Crippen molar-refractivity contribution in [3.8, 4) is 0 Å². The van der Waals surface area contributed by atoms with Crippen molar-refractivity contribution in [3.05, 3.63) is 48.0 Å². The van der Waals surface area contributed by atoms with Gasteiger partial charge in [-0.25, -0.2) is 0 Å². The molecule has 106 valence electrons. The average Bonchev–Trinajstić information content (AvgIpc) is 2.53. The summed E-state index contributed by atoms with van der Waals surface area (Å²) >= 11 is 0. The van der Waals surface area contributed by atoms with Crippen LogP contribution in [0.1, 0.15) is 37.3 Å². The molecule has 0 saturated carbocycles. The van der Waals surface area contributed by atoms with Gasteiger partial charge in [0.05, 0.1) is 6.10 Å².